The minimum atomic E-state index is -0.876. The SMILES string of the molecule is Cc1ccc(SCc2ccncc2)cc1C(=O)O. The number of aromatic nitrogens is 1. The van der Waals surface area contributed by atoms with Crippen LogP contribution in [0.3, 0.4) is 0 Å². The lowest BCUT2D eigenvalue weighted by Gasteiger charge is -2.05. The number of hydrogen-bond donors (Lipinski definition) is 1. The molecule has 3 nitrogen and oxygen atoms in total. The summed E-state index contributed by atoms with van der Waals surface area (Å²) < 4.78 is 0. The molecule has 1 heterocycles. The Bertz CT molecular complexity index is 555. The summed E-state index contributed by atoms with van der Waals surface area (Å²) in [4.78, 5) is 16.0. The van der Waals surface area contributed by atoms with Crippen LogP contribution in [0.1, 0.15) is 21.5 Å². The molecule has 1 aromatic heterocycles. The van der Waals surface area contributed by atoms with Gasteiger partial charge >= 0.3 is 5.97 Å². The summed E-state index contributed by atoms with van der Waals surface area (Å²) in [6, 6.07) is 9.44. The summed E-state index contributed by atoms with van der Waals surface area (Å²) in [5, 5.41) is 9.06. The first kappa shape index (κ1) is 12.6. The Kier molecular flexibility index (Phi) is 3.99. The monoisotopic (exact) mass is 259 g/mol. The number of hydrogen-bond acceptors (Lipinski definition) is 3. The molecule has 2 aromatic rings. The van der Waals surface area contributed by atoms with Crippen LogP contribution in [0, 0.1) is 6.92 Å². The van der Waals surface area contributed by atoms with Crippen molar-refractivity contribution in [2.75, 3.05) is 0 Å². The van der Waals surface area contributed by atoms with Crippen molar-refractivity contribution >= 4 is 17.7 Å². The Hall–Kier alpha value is -1.81. The van der Waals surface area contributed by atoms with Crippen molar-refractivity contribution in [2.24, 2.45) is 0 Å². The average Bonchev–Trinajstić information content (AvgIpc) is 2.38. The van der Waals surface area contributed by atoms with Crippen molar-refractivity contribution < 1.29 is 9.90 Å². The van der Waals surface area contributed by atoms with Crippen molar-refractivity contribution in [1.29, 1.82) is 0 Å². The lowest BCUT2D eigenvalue weighted by Crippen LogP contribution is -1.99. The van der Waals surface area contributed by atoms with Gasteiger partial charge in [-0.3, -0.25) is 4.98 Å². The van der Waals surface area contributed by atoms with Crippen molar-refractivity contribution in [1.82, 2.24) is 4.98 Å². The summed E-state index contributed by atoms with van der Waals surface area (Å²) in [7, 11) is 0. The number of benzene rings is 1. The molecule has 0 unspecified atom stereocenters. The standard InChI is InChI=1S/C14H13NO2S/c1-10-2-3-12(8-13(10)14(16)17)18-9-11-4-6-15-7-5-11/h2-8H,9H2,1H3,(H,16,17). The summed E-state index contributed by atoms with van der Waals surface area (Å²) in [6.07, 6.45) is 3.52. The van der Waals surface area contributed by atoms with E-state index in [4.69, 9.17) is 5.11 Å². The molecule has 4 heteroatoms. The van der Waals surface area contributed by atoms with Crippen LogP contribution in [0.25, 0.3) is 0 Å². The van der Waals surface area contributed by atoms with E-state index in [0.717, 1.165) is 16.2 Å². The summed E-state index contributed by atoms with van der Waals surface area (Å²) >= 11 is 1.62. The van der Waals surface area contributed by atoms with Gasteiger partial charge in [-0.05, 0) is 42.3 Å². The van der Waals surface area contributed by atoms with Crippen molar-refractivity contribution in [3.63, 3.8) is 0 Å². The number of aromatic carboxylic acids is 1. The number of thioether (sulfide) groups is 1. The molecule has 0 saturated heterocycles. The van der Waals surface area contributed by atoms with E-state index in [-0.39, 0.29) is 0 Å². The molecule has 0 saturated carbocycles. The quantitative estimate of drug-likeness (QED) is 0.855. The molecule has 0 spiro atoms. The van der Waals surface area contributed by atoms with Crippen molar-refractivity contribution in [3.8, 4) is 0 Å². The molecule has 0 amide bonds. The maximum Gasteiger partial charge on any atom is 0.335 e. The number of pyridine rings is 1. The first-order valence-corrected chi connectivity index (χ1v) is 6.51. The van der Waals surface area contributed by atoms with Crippen LogP contribution in [0.5, 0.6) is 0 Å². The highest BCUT2D eigenvalue weighted by Crippen LogP contribution is 2.24. The predicted molar refractivity (Wildman–Crippen MR) is 71.9 cm³/mol. The van der Waals surface area contributed by atoms with Gasteiger partial charge in [-0.2, -0.15) is 0 Å². The first-order valence-electron chi connectivity index (χ1n) is 5.52. The zero-order chi connectivity index (χ0) is 13.0. The van der Waals surface area contributed by atoms with E-state index in [9.17, 15) is 4.79 Å². The molecule has 0 fully saturated rings. The smallest absolute Gasteiger partial charge is 0.335 e. The van der Waals surface area contributed by atoms with Gasteiger partial charge in [0, 0.05) is 23.0 Å². The number of aryl methyl sites for hydroxylation is 1. The highest BCUT2D eigenvalue weighted by Gasteiger charge is 2.08. The zero-order valence-electron chi connectivity index (χ0n) is 9.96. The van der Waals surface area contributed by atoms with E-state index >= 15 is 0 Å². The number of carboxylic acid groups (broad SMARTS) is 1. The van der Waals surface area contributed by atoms with E-state index in [1.165, 1.54) is 5.56 Å². The third-order valence-corrected chi connectivity index (χ3v) is 3.66. The Morgan fingerprint density at radius 3 is 2.67 bits per heavy atom. The lowest BCUT2D eigenvalue weighted by atomic mass is 10.1. The van der Waals surface area contributed by atoms with Gasteiger partial charge in [-0.1, -0.05) is 6.07 Å². The molecule has 1 aromatic carbocycles. The molecule has 0 radical (unpaired) electrons. The van der Waals surface area contributed by atoms with Gasteiger partial charge in [0.1, 0.15) is 0 Å². The van der Waals surface area contributed by atoms with Crippen molar-refractivity contribution in [3.05, 3.63) is 59.4 Å². The minimum absolute atomic E-state index is 0.370. The van der Waals surface area contributed by atoms with Crippen molar-refractivity contribution in [2.45, 2.75) is 17.6 Å². The molecule has 18 heavy (non-hydrogen) atoms. The highest BCUT2D eigenvalue weighted by atomic mass is 32.2. The van der Waals surface area contributed by atoms with Crippen LogP contribution in [-0.2, 0) is 5.75 Å². The fraction of sp³-hybridized carbons (Fsp3) is 0.143. The average molecular weight is 259 g/mol. The fourth-order valence-corrected chi connectivity index (χ4v) is 2.46. The summed E-state index contributed by atoms with van der Waals surface area (Å²) in [5.41, 5.74) is 2.33. The van der Waals surface area contributed by atoms with Crippen LogP contribution in [-0.4, -0.2) is 16.1 Å². The lowest BCUT2D eigenvalue weighted by molar-refractivity contribution is 0.0696. The minimum Gasteiger partial charge on any atom is -0.478 e. The largest absolute Gasteiger partial charge is 0.478 e. The van der Waals surface area contributed by atoms with Gasteiger partial charge in [0.25, 0.3) is 0 Å². The number of nitrogens with zero attached hydrogens (tertiary/aromatic N) is 1. The van der Waals surface area contributed by atoms with Crippen LogP contribution >= 0.6 is 11.8 Å². The van der Waals surface area contributed by atoms with Crippen LogP contribution in [0.15, 0.2) is 47.6 Å². The van der Waals surface area contributed by atoms with Crippen LogP contribution < -0.4 is 0 Å². The molecule has 92 valence electrons. The van der Waals surface area contributed by atoms with Gasteiger partial charge in [0.2, 0.25) is 0 Å². The summed E-state index contributed by atoms with van der Waals surface area (Å²) in [6.45, 7) is 1.81. The van der Waals surface area contributed by atoms with Gasteiger partial charge in [0.05, 0.1) is 5.56 Å². The Morgan fingerprint density at radius 1 is 1.28 bits per heavy atom. The maximum absolute atomic E-state index is 11.0. The summed E-state index contributed by atoms with van der Waals surface area (Å²) in [5.74, 6) is -0.0659. The van der Waals surface area contributed by atoms with Gasteiger partial charge in [-0.15, -0.1) is 11.8 Å². The molecular weight excluding hydrogens is 246 g/mol. The molecule has 0 bridgehead atoms. The van der Waals surface area contributed by atoms with Crippen LogP contribution in [0.4, 0.5) is 0 Å². The number of rotatable bonds is 4. The second kappa shape index (κ2) is 5.69. The molecule has 1 N–H and O–H groups in total. The molecule has 0 aliphatic rings. The van der Waals surface area contributed by atoms with Crippen LogP contribution in [0.2, 0.25) is 0 Å². The predicted octanol–water partition coefficient (Wildman–Crippen LogP) is 3.38. The van der Waals surface area contributed by atoms with E-state index in [1.807, 2.05) is 24.3 Å². The Labute approximate surface area is 110 Å². The van der Waals surface area contributed by atoms with E-state index in [1.54, 1.807) is 37.1 Å². The van der Waals surface area contributed by atoms with Gasteiger partial charge < -0.3 is 5.11 Å². The van der Waals surface area contributed by atoms with Gasteiger partial charge in [-0.25, -0.2) is 4.79 Å². The maximum atomic E-state index is 11.0. The van der Waals surface area contributed by atoms with Gasteiger partial charge in [0.15, 0.2) is 0 Å². The molecule has 0 aliphatic carbocycles. The Morgan fingerprint density at radius 2 is 2.00 bits per heavy atom. The molecular formula is C14H13NO2S. The Balaban J connectivity index is 2.11. The number of carboxylic acids is 1. The number of carbonyl (C=O) groups is 1. The third-order valence-electron chi connectivity index (χ3n) is 2.59. The van der Waals surface area contributed by atoms with E-state index < -0.39 is 5.97 Å². The normalized spacial score (nSPS) is 10.3. The fourth-order valence-electron chi connectivity index (χ4n) is 1.57. The second-order valence-electron chi connectivity index (χ2n) is 3.93. The second-order valence-corrected chi connectivity index (χ2v) is 4.97. The molecule has 0 aliphatic heterocycles. The third kappa shape index (κ3) is 3.11. The van der Waals surface area contributed by atoms with E-state index in [2.05, 4.69) is 4.98 Å². The zero-order valence-corrected chi connectivity index (χ0v) is 10.8. The highest BCUT2D eigenvalue weighted by molar-refractivity contribution is 7.98. The first-order chi connectivity index (χ1) is 8.66. The molecule has 2 rings (SSSR count). The topological polar surface area (TPSA) is 50.2 Å². The van der Waals surface area contributed by atoms with E-state index in [0.29, 0.717) is 5.56 Å². The molecule has 0 atom stereocenters.